The van der Waals surface area contributed by atoms with Crippen molar-refractivity contribution in [3.63, 3.8) is 0 Å². The molecule has 1 N–H and O–H groups in total. The fraction of sp³-hybridized carbons (Fsp3) is 0.154. The van der Waals surface area contributed by atoms with Crippen LogP contribution in [-0.4, -0.2) is 10.1 Å². The van der Waals surface area contributed by atoms with E-state index in [2.05, 4.69) is 20.9 Å². The standard InChI is InChI=1S/C13H11BrFNO/c1-8(17)12-6-9(14)2-3-10(12)11-4-5-16-7-13(11)15/h2-8,17H,1H3. The summed E-state index contributed by atoms with van der Waals surface area (Å²) >= 11 is 3.34. The number of aliphatic hydroxyl groups is 1. The van der Waals surface area contributed by atoms with Gasteiger partial charge in [0.1, 0.15) is 5.82 Å². The van der Waals surface area contributed by atoms with E-state index in [0.717, 1.165) is 4.47 Å². The first-order valence-corrected chi connectivity index (χ1v) is 5.96. The first-order valence-electron chi connectivity index (χ1n) is 5.17. The van der Waals surface area contributed by atoms with E-state index in [0.29, 0.717) is 16.7 Å². The highest BCUT2D eigenvalue weighted by Gasteiger charge is 2.13. The van der Waals surface area contributed by atoms with Crippen molar-refractivity contribution in [1.29, 1.82) is 0 Å². The molecule has 1 aromatic carbocycles. The van der Waals surface area contributed by atoms with Gasteiger partial charge in [-0.25, -0.2) is 4.39 Å². The molecular formula is C13H11BrFNO. The van der Waals surface area contributed by atoms with E-state index in [1.807, 2.05) is 6.07 Å². The van der Waals surface area contributed by atoms with Crippen molar-refractivity contribution in [3.8, 4) is 11.1 Å². The molecule has 0 saturated heterocycles. The van der Waals surface area contributed by atoms with Crippen LogP contribution in [0, 0.1) is 5.82 Å². The molecule has 0 spiro atoms. The van der Waals surface area contributed by atoms with Gasteiger partial charge >= 0.3 is 0 Å². The molecule has 0 radical (unpaired) electrons. The molecule has 0 saturated carbocycles. The third-order valence-electron chi connectivity index (χ3n) is 2.53. The van der Waals surface area contributed by atoms with Gasteiger partial charge in [0.25, 0.3) is 0 Å². The second-order valence-corrected chi connectivity index (χ2v) is 4.68. The average molecular weight is 296 g/mol. The molecule has 1 atom stereocenters. The van der Waals surface area contributed by atoms with Gasteiger partial charge in [0.2, 0.25) is 0 Å². The highest BCUT2D eigenvalue weighted by atomic mass is 79.9. The Morgan fingerprint density at radius 3 is 2.71 bits per heavy atom. The van der Waals surface area contributed by atoms with Crippen molar-refractivity contribution in [2.75, 3.05) is 0 Å². The molecule has 4 heteroatoms. The monoisotopic (exact) mass is 295 g/mol. The zero-order valence-electron chi connectivity index (χ0n) is 9.19. The quantitative estimate of drug-likeness (QED) is 0.916. The lowest BCUT2D eigenvalue weighted by molar-refractivity contribution is 0.200. The SMILES string of the molecule is CC(O)c1cc(Br)ccc1-c1ccncc1F. The second-order valence-electron chi connectivity index (χ2n) is 3.76. The second kappa shape index (κ2) is 4.94. The summed E-state index contributed by atoms with van der Waals surface area (Å²) in [5.74, 6) is -0.392. The lowest BCUT2D eigenvalue weighted by Gasteiger charge is -2.13. The highest BCUT2D eigenvalue weighted by Crippen LogP contribution is 2.31. The maximum absolute atomic E-state index is 13.7. The molecule has 17 heavy (non-hydrogen) atoms. The van der Waals surface area contributed by atoms with Crippen LogP contribution in [0.3, 0.4) is 0 Å². The van der Waals surface area contributed by atoms with E-state index in [4.69, 9.17) is 0 Å². The molecule has 1 heterocycles. The van der Waals surface area contributed by atoms with Crippen molar-refractivity contribution in [1.82, 2.24) is 4.98 Å². The molecule has 0 fully saturated rings. The van der Waals surface area contributed by atoms with E-state index in [-0.39, 0.29) is 0 Å². The van der Waals surface area contributed by atoms with Gasteiger partial charge in [-0.05, 0) is 36.2 Å². The number of aliphatic hydroxyl groups excluding tert-OH is 1. The van der Waals surface area contributed by atoms with Gasteiger partial charge < -0.3 is 5.11 Å². The Labute approximate surface area is 107 Å². The Hall–Kier alpha value is -1.26. The van der Waals surface area contributed by atoms with E-state index < -0.39 is 11.9 Å². The van der Waals surface area contributed by atoms with E-state index in [1.54, 1.807) is 25.1 Å². The Kier molecular flexibility index (Phi) is 3.54. The Morgan fingerprint density at radius 1 is 1.29 bits per heavy atom. The lowest BCUT2D eigenvalue weighted by atomic mass is 9.97. The number of benzene rings is 1. The first kappa shape index (κ1) is 12.2. The molecule has 2 aromatic rings. The van der Waals surface area contributed by atoms with E-state index in [1.165, 1.54) is 12.4 Å². The van der Waals surface area contributed by atoms with E-state index in [9.17, 15) is 9.50 Å². The summed E-state index contributed by atoms with van der Waals surface area (Å²) in [4.78, 5) is 3.72. The van der Waals surface area contributed by atoms with Crippen LogP contribution in [-0.2, 0) is 0 Å². The Bertz CT molecular complexity index is 543. The van der Waals surface area contributed by atoms with Crippen molar-refractivity contribution in [2.24, 2.45) is 0 Å². The molecule has 2 nitrogen and oxygen atoms in total. The van der Waals surface area contributed by atoms with Crippen LogP contribution in [0.1, 0.15) is 18.6 Å². The molecule has 0 aliphatic heterocycles. The van der Waals surface area contributed by atoms with Crippen molar-refractivity contribution in [2.45, 2.75) is 13.0 Å². The van der Waals surface area contributed by atoms with Crippen LogP contribution in [0.25, 0.3) is 11.1 Å². The molecule has 88 valence electrons. The summed E-state index contributed by atoms with van der Waals surface area (Å²) in [7, 11) is 0. The summed E-state index contributed by atoms with van der Waals surface area (Å²) in [6.45, 7) is 1.66. The fourth-order valence-corrected chi connectivity index (χ4v) is 2.10. The van der Waals surface area contributed by atoms with Crippen LogP contribution < -0.4 is 0 Å². The predicted molar refractivity (Wildman–Crippen MR) is 68.0 cm³/mol. The Balaban J connectivity index is 2.63. The van der Waals surface area contributed by atoms with E-state index >= 15 is 0 Å². The largest absolute Gasteiger partial charge is 0.389 e. The maximum Gasteiger partial charge on any atom is 0.149 e. The minimum Gasteiger partial charge on any atom is -0.389 e. The normalized spacial score (nSPS) is 12.5. The van der Waals surface area contributed by atoms with Gasteiger partial charge in [-0.2, -0.15) is 0 Å². The molecule has 0 amide bonds. The van der Waals surface area contributed by atoms with Gasteiger partial charge in [-0.1, -0.05) is 22.0 Å². The number of halogens is 2. The van der Waals surface area contributed by atoms with Crippen LogP contribution in [0.4, 0.5) is 4.39 Å². The van der Waals surface area contributed by atoms with Crippen LogP contribution in [0.15, 0.2) is 41.1 Å². The number of rotatable bonds is 2. The molecule has 0 aliphatic carbocycles. The van der Waals surface area contributed by atoms with Crippen LogP contribution in [0.2, 0.25) is 0 Å². The minimum absolute atomic E-state index is 0.392. The number of hydrogen-bond acceptors (Lipinski definition) is 2. The summed E-state index contributed by atoms with van der Waals surface area (Å²) in [5, 5.41) is 9.72. The maximum atomic E-state index is 13.7. The third-order valence-corrected chi connectivity index (χ3v) is 3.02. The average Bonchev–Trinajstić information content (AvgIpc) is 2.30. The third kappa shape index (κ3) is 2.53. The minimum atomic E-state index is -0.657. The molecule has 0 aliphatic rings. The number of aromatic nitrogens is 1. The smallest absolute Gasteiger partial charge is 0.149 e. The number of hydrogen-bond donors (Lipinski definition) is 1. The van der Waals surface area contributed by atoms with Gasteiger partial charge in [0.15, 0.2) is 0 Å². The fourth-order valence-electron chi connectivity index (χ4n) is 1.72. The van der Waals surface area contributed by atoms with Crippen LogP contribution >= 0.6 is 15.9 Å². The number of pyridine rings is 1. The predicted octanol–water partition coefficient (Wildman–Crippen LogP) is 3.70. The molecule has 1 unspecified atom stereocenters. The van der Waals surface area contributed by atoms with Crippen molar-refractivity contribution in [3.05, 3.63) is 52.5 Å². The number of nitrogens with zero attached hydrogens (tertiary/aromatic N) is 1. The Morgan fingerprint density at radius 2 is 2.06 bits per heavy atom. The van der Waals surface area contributed by atoms with Gasteiger partial charge in [0, 0.05) is 16.2 Å². The summed E-state index contributed by atoms with van der Waals surface area (Å²) in [5.41, 5.74) is 1.82. The van der Waals surface area contributed by atoms with Crippen LogP contribution in [0.5, 0.6) is 0 Å². The van der Waals surface area contributed by atoms with Crippen molar-refractivity contribution >= 4 is 15.9 Å². The van der Waals surface area contributed by atoms with Gasteiger partial charge in [-0.3, -0.25) is 4.98 Å². The summed E-state index contributed by atoms with van der Waals surface area (Å²) in [6, 6.07) is 7.00. The summed E-state index contributed by atoms with van der Waals surface area (Å²) in [6.07, 6.45) is 2.05. The van der Waals surface area contributed by atoms with Gasteiger partial charge in [0.05, 0.1) is 12.3 Å². The topological polar surface area (TPSA) is 33.1 Å². The summed E-state index contributed by atoms with van der Waals surface area (Å²) < 4.78 is 14.5. The zero-order valence-corrected chi connectivity index (χ0v) is 10.8. The van der Waals surface area contributed by atoms with Gasteiger partial charge in [-0.15, -0.1) is 0 Å². The molecule has 2 rings (SSSR count). The first-order chi connectivity index (χ1) is 8.09. The zero-order chi connectivity index (χ0) is 12.4. The molecule has 1 aromatic heterocycles. The molecule has 0 bridgehead atoms. The highest BCUT2D eigenvalue weighted by molar-refractivity contribution is 9.10. The van der Waals surface area contributed by atoms with Crippen molar-refractivity contribution < 1.29 is 9.50 Å². The molecular weight excluding hydrogens is 285 g/mol. The lowest BCUT2D eigenvalue weighted by Crippen LogP contribution is -1.97.